The molecule has 2 amide bonds. The predicted molar refractivity (Wildman–Crippen MR) is 91.3 cm³/mol. The van der Waals surface area contributed by atoms with Crippen LogP contribution in [0.1, 0.15) is 51.4 Å². The van der Waals surface area contributed by atoms with Gasteiger partial charge in [-0.05, 0) is 37.6 Å². The van der Waals surface area contributed by atoms with Gasteiger partial charge in [-0.2, -0.15) is 0 Å². The van der Waals surface area contributed by atoms with Crippen molar-refractivity contribution in [2.75, 3.05) is 39.3 Å². The van der Waals surface area contributed by atoms with Crippen molar-refractivity contribution in [2.24, 2.45) is 11.1 Å². The maximum atomic E-state index is 12.7. The third-order valence-corrected chi connectivity index (χ3v) is 6.02. The molecule has 0 aromatic rings. The highest BCUT2D eigenvalue weighted by atomic mass is 16.5. The van der Waals surface area contributed by atoms with Crippen molar-refractivity contribution in [1.82, 2.24) is 9.80 Å². The van der Waals surface area contributed by atoms with Gasteiger partial charge in [-0.1, -0.05) is 19.3 Å². The van der Waals surface area contributed by atoms with E-state index < -0.39 is 0 Å². The molecule has 2 N–H and O–H groups in total. The van der Waals surface area contributed by atoms with Crippen LogP contribution in [0.3, 0.4) is 0 Å². The van der Waals surface area contributed by atoms with E-state index in [1.54, 1.807) is 0 Å². The predicted octanol–water partition coefficient (Wildman–Crippen LogP) is 1.14. The van der Waals surface area contributed by atoms with E-state index >= 15 is 0 Å². The number of ether oxygens (including phenoxy) is 1. The van der Waals surface area contributed by atoms with Gasteiger partial charge in [0.1, 0.15) is 6.10 Å². The Balaban J connectivity index is 1.48. The maximum absolute atomic E-state index is 12.7. The van der Waals surface area contributed by atoms with Crippen molar-refractivity contribution in [3.63, 3.8) is 0 Å². The molecule has 2 heterocycles. The topological polar surface area (TPSA) is 75.9 Å². The lowest BCUT2D eigenvalue weighted by molar-refractivity contribution is -0.146. The van der Waals surface area contributed by atoms with Gasteiger partial charge in [0, 0.05) is 39.2 Å². The molecule has 3 rings (SSSR count). The quantitative estimate of drug-likeness (QED) is 0.834. The normalized spacial score (nSPS) is 27.3. The lowest BCUT2D eigenvalue weighted by Gasteiger charge is -2.40. The SMILES string of the molecule is NCC1(CC(=O)N2CCN(C(=O)C3CCCO3)CC2)CCCCC1. The molecular formula is C18H31N3O3. The molecule has 136 valence electrons. The fourth-order valence-corrected chi connectivity index (χ4v) is 4.34. The molecule has 3 aliphatic rings. The molecule has 1 aliphatic carbocycles. The van der Waals surface area contributed by atoms with Crippen LogP contribution in [0.4, 0.5) is 0 Å². The van der Waals surface area contributed by atoms with Gasteiger partial charge in [-0.25, -0.2) is 0 Å². The molecule has 0 aromatic heterocycles. The Morgan fingerprint density at radius 1 is 1.00 bits per heavy atom. The van der Waals surface area contributed by atoms with Crippen molar-refractivity contribution in [3.05, 3.63) is 0 Å². The molecule has 6 heteroatoms. The number of rotatable bonds is 4. The van der Waals surface area contributed by atoms with Crippen molar-refractivity contribution < 1.29 is 14.3 Å². The lowest BCUT2D eigenvalue weighted by Crippen LogP contribution is -2.53. The summed E-state index contributed by atoms with van der Waals surface area (Å²) in [7, 11) is 0. The maximum Gasteiger partial charge on any atom is 0.251 e. The first-order valence-corrected chi connectivity index (χ1v) is 9.52. The summed E-state index contributed by atoms with van der Waals surface area (Å²) in [5.74, 6) is 0.317. The Kier molecular flexibility index (Phi) is 5.76. The van der Waals surface area contributed by atoms with Crippen molar-refractivity contribution >= 4 is 11.8 Å². The number of nitrogens with two attached hydrogens (primary N) is 1. The Morgan fingerprint density at radius 3 is 2.25 bits per heavy atom. The average molecular weight is 337 g/mol. The lowest BCUT2D eigenvalue weighted by atomic mass is 9.71. The summed E-state index contributed by atoms with van der Waals surface area (Å²) in [6.45, 7) is 3.82. The average Bonchev–Trinajstić information content (AvgIpc) is 3.16. The van der Waals surface area contributed by atoms with Gasteiger partial charge < -0.3 is 20.3 Å². The van der Waals surface area contributed by atoms with Gasteiger partial charge in [0.25, 0.3) is 5.91 Å². The summed E-state index contributed by atoms with van der Waals surface area (Å²) in [5, 5.41) is 0. The van der Waals surface area contributed by atoms with Crippen LogP contribution >= 0.6 is 0 Å². The highest BCUT2D eigenvalue weighted by molar-refractivity contribution is 5.82. The van der Waals surface area contributed by atoms with E-state index in [4.69, 9.17) is 10.5 Å². The van der Waals surface area contributed by atoms with Crippen LogP contribution in [-0.4, -0.2) is 67.0 Å². The number of nitrogens with zero attached hydrogens (tertiary/aromatic N) is 2. The van der Waals surface area contributed by atoms with Gasteiger partial charge in [-0.15, -0.1) is 0 Å². The number of hydrogen-bond donors (Lipinski definition) is 1. The van der Waals surface area contributed by atoms with Crippen LogP contribution in [0, 0.1) is 5.41 Å². The first kappa shape index (κ1) is 17.7. The molecule has 1 atom stereocenters. The van der Waals surface area contributed by atoms with E-state index in [9.17, 15) is 9.59 Å². The van der Waals surface area contributed by atoms with Gasteiger partial charge in [-0.3, -0.25) is 9.59 Å². The summed E-state index contributed by atoms with van der Waals surface area (Å²) in [6, 6.07) is 0. The summed E-state index contributed by atoms with van der Waals surface area (Å²) in [6.07, 6.45) is 7.91. The Bertz CT molecular complexity index is 448. The minimum absolute atomic E-state index is 0.0139. The van der Waals surface area contributed by atoms with E-state index in [2.05, 4.69) is 0 Å². The second-order valence-corrected chi connectivity index (χ2v) is 7.65. The molecule has 0 spiro atoms. The molecule has 1 unspecified atom stereocenters. The third kappa shape index (κ3) is 3.91. The van der Waals surface area contributed by atoms with E-state index in [-0.39, 0.29) is 23.3 Å². The molecule has 1 saturated carbocycles. The van der Waals surface area contributed by atoms with Crippen LogP contribution in [0.2, 0.25) is 0 Å². The minimum atomic E-state index is -0.255. The van der Waals surface area contributed by atoms with E-state index in [1.807, 2.05) is 9.80 Å². The zero-order valence-corrected chi connectivity index (χ0v) is 14.7. The number of carbonyl (C=O) groups is 2. The number of piperazine rings is 1. The van der Waals surface area contributed by atoms with Gasteiger partial charge in [0.15, 0.2) is 0 Å². The summed E-state index contributed by atoms with van der Waals surface area (Å²) >= 11 is 0. The van der Waals surface area contributed by atoms with Gasteiger partial charge >= 0.3 is 0 Å². The molecule has 24 heavy (non-hydrogen) atoms. The van der Waals surface area contributed by atoms with Crippen LogP contribution in [0.15, 0.2) is 0 Å². The molecule has 0 radical (unpaired) electrons. The summed E-state index contributed by atoms with van der Waals surface area (Å²) in [5.41, 5.74) is 6.02. The Hall–Kier alpha value is -1.14. The molecule has 3 fully saturated rings. The number of carbonyl (C=O) groups excluding carboxylic acids is 2. The van der Waals surface area contributed by atoms with Crippen molar-refractivity contribution in [2.45, 2.75) is 57.5 Å². The molecular weight excluding hydrogens is 306 g/mol. The second kappa shape index (κ2) is 7.83. The first-order chi connectivity index (χ1) is 11.6. The number of amides is 2. The van der Waals surface area contributed by atoms with E-state index in [1.165, 1.54) is 19.3 Å². The fraction of sp³-hybridized carbons (Fsp3) is 0.889. The van der Waals surface area contributed by atoms with Crippen LogP contribution < -0.4 is 5.73 Å². The Labute approximate surface area is 144 Å². The molecule has 2 saturated heterocycles. The standard InChI is InChI=1S/C18H31N3O3/c19-14-18(6-2-1-3-7-18)13-16(22)20-8-10-21(11-9-20)17(23)15-5-4-12-24-15/h15H,1-14,19H2. The second-order valence-electron chi connectivity index (χ2n) is 7.65. The van der Waals surface area contributed by atoms with Crippen molar-refractivity contribution in [1.29, 1.82) is 0 Å². The zero-order chi connectivity index (χ0) is 17.0. The highest BCUT2D eigenvalue weighted by Crippen LogP contribution is 2.38. The minimum Gasteiger partial charge on any atom is -0.368 e. The third-order valence-electron chi connectivity index (χ3n) is 6.02. The molecule has 6 nitrogen and oxygen atoms in total. The fourth-order valence-electron chi connectivity index (χ4n) is 4.34. The number of hydrogen-bond acceptors (Lipinski definition) is 4. The Morgan fingerprint density at radius 2 is 1.67 bits per heavy atom. The van der Waals surface area contributed by atoms with Gasteiger partial charge in [0.2, 0.25) is 5.91 Å². The zero-order valence-electron chi connectivity index (χ0n) is 14.7. The van der Waals surface area contributed by atoms with Gasteiger partial charge in [0.05, 0.1) is 0 Å². The summed E-state index contributed by atoms with van der Waals surface area (Å²) < 4.78 is 5.48. The largest absolute Gasteiger partial charge is 0.368 e. The molecule has 0 aromatic carbocycles. The smallest absolute Gasteiger partial charge is 0.251 e. The van der Waals surface area contributed by atoms with Crippen LogP contribution in [-0.2, 0) is 14.3 Å². The summed E-state index contributed by atoms with van der Waals surface area (Å²) in [4.78, 5) is 28.9. The monoisotopic (exact) mass is 337 g/mol. The molecule has 2 aliphatic heterocycles. The van der Waals surface area contributed by atoms with Crippen LogP contribution in [0.5, 0.6) is 0 Å². The van der Waals surface area contributed by atoms with E-state index in [0.717, 1.165) is 25.7 Å². The van der Waals surface area contributed by atoms with E-state index in [0.29, 0.717) is 45.8 Å². The molecule has 0 bridgehead atoms. The van der Waals surface area contributed by atoms with Crippen LogP contribution in [0.25, 0.3) is 0 Å². The first-order valence-electron chi connectivity index (χ1n) is 9.52. The highest BCUT2D eigenvalue weighted by Gasteiger charge is 2.36. The van der Waals surface area contributed by atoms with Crippen molar-refractivity contribution in [3.8, 4) is 0 Å².